The maximum absolute atomic E-state index is 14.0. The average molecular weight is 640 g/mol. The molecule has 0 atom stereocenters. The van der Waals surface area contributed by atoms with Gasteiger partial charge in [-0.15, -0.1) is 0 Å². The minimum Gasteiger partial charge on any atom is -0.247 e. The number of hydrogen-bond donors (Lipinski definition) is 0. The molecule has 0 spiro atoms. The van der Waals surface area contributed by atoms with Gasteiger partial charge in [0.15, 0.2) is 17.5 Å². The van der Waals surface area contributed by atoms with Crippen LogP contribution in [0.5, 0.6) is 0 Å². The smallest absolute Gasteiger partial charge is 0.194 e. The lowest BCUT2D eigenvalue weighted by Crippen LogP contribution is -1.98. The summed E-state index contributed by atoms with van der Waals surface area (Å²) in [6.45, 7) is 0. The van der Waals surface area contributed by atoms with Gasteiger partial charge in [-0.1, -0.05) is 66.7 Å². The molecular formula is C41H20F3N5. The Morgan fingerprint density at radius 3 is 1.57 bits per heavy atom. The molecule has 0 fully saturated rings. The fourth-order valence-electron chi connectivity index (χ4n) is 6.13. The van der Waals surface area contributed by atoms with Crippen molar-refractivity contribution >= 4 is 32.7 Å². The average Bonchev–Trinajstić information content (AvgIpc) is 3.15. The Bertz CT molecular complexity index is 2670. The van der Waals surface area contributed by atoms with Gasteiger partial charge in [-0.2, -0.15) is 10.5 Å². The van der Waals surface area contributed by atoms with Crippen molar-refractivity contribution in [1.82, 2.24) is 15.0 Å². The molecule has 49 heavy (non-hydrogen) atoms. The molecule has 2 heterocycles. The number of rotatable bonds is 4. The Labute approximate surface area is 277 Å². The third-order valence-electron chi connectivity index (χ3n) is 8.55. The lowest BCUT2D eigenvalue weighted by Gasteiger charge is -2.15. The number of para-hydroxylation sites is 1. The summed E-state index contributed by atoms with van der Waals surface area (Å²) < 4.78 is 41.6. The number of fused-ring (bicyclic) bond motifs is 5. The summed E-state index contributed by atoms with van der Waals surface area (Å²) in [5, 5.41) is 21.3. The van der Waals surface area contributed by atoms with Crippen LogP contribution in [0.25, 0.3) is 77.6 Å². The van der Waals surface area contributed by atoms with Crippen molar-refractivity contribution in [1.29, 1.82) is 10.5 Å². The predicted molar refractivity (Wildman–Crippen MR) is 183 cm³/mol. The molecule has 6 aromatic carbocycles. The van der Waals surface area contributed by atoms with Gasteiger partial charge in [0.1, 0.15) is 0 Å². The fraction of sp³-hybridized carbons (Fsp3) is 0. The highest BCUT2D eigenvalue weighted by Gasteiger charge is 2.19. The molecule has 0 amide bonds. The summed E-state index contributed by atoms with van der Waals surface area (Å²) in [5.41, 5.74) is 8.07. The number of hydrogen-bond acceptors (Lipinski definition) is 5. The molecule has 0 aliphatic rings. The van der Waals surface area contributed by atoms with Crippen LogP contribution in [-0.2, 0) is 0 Å². The van der Waals surface area contributed by atoms with E-state index in [0.717, 1.165) is 50.5 Å². The van der Waals surface area contributed by atoms with E-state index in [1.165, 1.54) is 0 Å². The van der Waals surface area contributed by atoms with E-state index in [4.69, 9.17) is 15.0 Å². The van der Waals surface area contributed by atoms with Crippen LogP contribution in [0.3, 0.4) is 0 Å². The number of pyridine rings is 1. The van der Waals surface area contributed by atoms with Gasteiger partial charge in [0.25, 0.3) is 0 Å². The monoisotopic (exact) mass is 639 g/mol. The second kappa shape index (κ2) is 11.7. The zero-order valence-electron chi connectivity index (χ0n) is 25.4. The van der Waals surface area contributed by atoms with Crippen molar-refractivity contribution in [2.24, 2.45) is 0 Å². The number of nitrogens with zero attached hydrogens (tertiary/aromatic N) is 5. The Morgan fingerprint density at radius 1 is 0.449 bits per heavy atom. The highest BCUT2D eigenvalue weighted by molar-refractivity contribution is 6.21. The van der Waals surface area contributed by atoms with Crippen LogP contribution in [0.1, 0.15) is 11.1 Å². The highest BCUT2D eigenvalue weighted by atomic mass is 19.2. The van der Waals surface area contributed by atoms with Crippen molar-refractivity contribution in [3.05, 3.63) is 150 Å². The van der Waals surface area contributed by atoms with Crippen molar-refractivity contribution in [2.45, 2.75) is 0 Å². The maximum Gasteiger partial charge on any atom is 0.194 e. The van der Waals surface area contributed by atoms with Gasteiger partial charge in [-0.3, -0.25) is 0 Å². The molecule has 0 aliphatic heterocycles. The summed E-state index contributed by atoms with van der Waals surface area (Å²) in [6, 6.07) is 39.3. The van der Waals surface area contributed by atoms with E-state index >= 15 is 0 Å². The summed E-state index contributed by atoms with van der Waals surface area (Å²) in [6.07, 6.45) is 0. The lowest BCUT2D eigenvalue weighted by molar-refractivity contribution is 0.448. The Morgan fingerprint density at radius 2 is 0.959 bits per heavy atom. The van der Waals surface area contributed by atoms with Crippen molar-refractivity contribution in [3.63, 3.8) is 0 Å². The molecule has 5 nitrogen and oxygen atoms in total. The molecule has 0 bridgehead atoms. The van der Waals surface area contributed by atoms with Crippen molar-refractivity contribution in [2.75, 3.05) is 0 Å². The molecule has 8 rings (SSSR count). The van der Waals surface area contributed by atoms with Crippen LogP contribution in [0.2, 0.25) is 0 Å². The standard InChI is InChI=1S/C41H20F3N5/c42-32-19-29(20-33(43)37(32)44)25-13-15-26(16-14-25)38-31-17-18-35-41(36(31)30-3-1-2-4-34(30)47-38)49-40(28-11-7-24(22-46)8-12-28)39(48-35)27-9-5-23(21-45)6-10-27/h1-20H. The van der Waals surface area contributed by atoms with Crippen molar-refractivity contribution < 1.29 is 13.2 Å². The lowest BCUT2D eigenvalue weighted by atomic mass is 9.96. The van der Waals surface area contributed by atoms with E-state index in [-0.39, 0.29) is 5.56 Å². The largest absolute Gasteiger partial charge is 0.247 e. The zero-order chi connectivity index (χ0) is 33.6. The first-order chi connectivity index (χ1) is 23.9. The Hall–Kier alpha value is -6.90. The van der Waals surface area contributed by atoms with E-state index in [0.29, 0.717) is 44.8 Å². The van der Waals surface area contributed by atoms with Crippen LogP contribution < -0.4 is 0 Å². The van der Waals surface area contributed by atoms with Gasteiger partial charge in [-0.25, -0.2) is 28.1 Å². The highest BCUT2D eigenvalue weighted by Crippen LogP contribution is 2.39. The zero-order valence-corrected chi connectivity index (χ0v) is 25.4. The quantitative estimate of drug-likeness (QED) is 0.141. The van der Waals surface area contributed by atoms with Gasteiger partial charge in [-0.05, 0) is 65.7 Å². The third-order valence-corrected chi connectivity index (χ3v) is 8.55. The molecule has 0 radical (unpaired) electrons. The van der Waals surface area contributed by atoms with Crippen LogP contribution in [0.4, 0.5) is 13.2 Å². The topological polar surface area (TPSA) is 86.2 Å². The van der Waals surface area contributed by atoms with E-state index in [1.54, 1.807) is 36.4 Å². The minimum atomic E-state index is -1.51. The number of halogens is 3. The maximum atomic E-state index is 14.0. The van der Waals surface area contributed by atoms with Gasteiger partial charge in [0.2, 0.25) is 0 Å². The molecule has 0 aliphatic carbocycles. The number of benzene rings is 6. The molecule has 230 valence electrons. The Kier molecular flexibility index (Phi) is 7.05. The molecule has 0 saturated carbocycles. The number of nitriles is 2. The second-order valence-corrected chi connectivity index (χ2v) is 11.5. The van der Waals surface area contributed by atoms with Gasteiger partial charge < -0.3 is 0 Å². The molecule has 8 heteroatoms. The summed E-state index contributed by atoms with van der Waals surface area (Å²) in [5.74, 6) is -4.01. The fourth-order valence-corrected chi connectivity index (χ4v) is 6.13. The van der Waals surface area contributed by atoms with E-state index in [9.17, 15) is 23.7 Å². The van der Waals surface area contributed by atoms with Crippen LogP contribution >= 0.6 is 0 Å². The van der Waals surface area contributed by atoms with E-state index in [1.807, 2.05) is 72.8 Å². The normalized spacial score (nSPS) is 11.1. The predicted octanol–water partition coefficient (Wildman–Crippen LogP) is 10.2. The van der Waals surface area contributed by atoms with Gasteiger partial charge in [0.05, 0.1) is 56.9 Å². The molecule has 0 saturated heterocycles. The molecule has 2 aromatic heterocycles. The van der Waals surface area contributed by atoms with Crippen LogP contribution in [0, 0.1) is 40.1 Å². The van der Waals surface area contributed by atoms with Crippen LogP contribution in [0.15, 0.2) is 121 Å². The minimum absolute atomic E-state index is 0.217. The van der Waals surface area contributed by atoms with E-state index in [2.05, 4.69) is 12.1 Å². The first-order valence-corrected chi connectivity index (χ1v) is 15.2. The second-order valence-electron chi connectivity index (χ2n) is 11.5. The first kappa shape index (κ1) is 29.5. The molecule has 8 aromatic rings. The summed E-state index contributed by atoms with van der Waals surface area (Å²) in [7, 11) is 0. The summed E-state index contributed by atoms with van der Waals surface area (Å²) in [4.78, 5) is 15.4. The van der Waals surface area contributed by atoms with Crippen LogP contribution in [-0.4, -0.2) is 15.0 Å². The summed E-state index contributed by atoms with van der Waals surface area (Å²) >= 11 is 0. The van der Waals surface area contributed by atoms with Gasteiger partial charge in [0, 0.05) is 32.8 Å². The Balaban J connectivity index is 1.37. The number of aromatic nitrogens is 3. The van der Waals surface area contributed by atoms with Gasteiger partial charge >= 0.3 is 0 Å². The van der Waals surface area contributed by atoms with E-state index < -0.39 is 17.5 Å². The first-order valence-electron chi connectivity index (χ1n) is 15.2. The molecule has 0 unspecified atom stereocenters. The van der Waals surface area contributed by atoms with Crippen molar-refractivity contribution in [3.8, 4) is 57.0 Å². The molecular weight excluding hydrogens is 619 g/mol. The molecule has 0 N–H and O–H groups in total. The SMILES string of the molecule is N#Cc1ccc(-c2nc3ccc4c(-c5ccc(-c6cc(F)c(F)c(F)c6)cc5)nc5ccccc5c4c3nc2-c2ccc(C#N)cc2)cc1. The third kappa shape index (κ3) is 5.09.